The van der Waals surface area contributed by atoms with Gasteiger partial charge in [0, 0.05) is 11.3 Å². The van der Waals surface area contributed by atoms with Crippen LogP contribution < -0.4 is 5.32 Å². The normalized spacial score (nSPS) is 27.8. The summed E-state index contributed by atoms with van der Waals surface area (Å²) in [6.45, 7) is 9.20. The lowest BCUT2D eigenvalue weighted by molar-refractivity contribution is 0.142. The zero-order chi connectivity index (χ0) is 14.8. The lowest BCUT2D eigenvalue weighted by Crippen LogP contribution is -2.43. The van der Waals surface area contributed by atoms with Gasteiger partial charge in [0.2, 0.25) is 0 Å². The average molecular weight is 314 g/mol. The molecule has 1 aromatic rings. The summed E-state index contributed by atoms with van der Waals surface area (Å²) in [5.74, 6) is 0.823. The maximum Gasteiger partial charge on any atom is 0.174 e. The number of hydrogen-bond acceptors (Lipinski definition) is 5. The van der Waals surface area contributed by atoms with E-state index in [0.717, 1.165) is 15.3 Å². The number of hydrogen-bond donors (Lipinski definition) is 1. The van der Waals surface area contributed by atoms with Crippen LogP contribution in [0.15, 0.2) is 4.34 Å². The average Bonchev–Trinajstić information content (AvgIpc) is 2.84. The number of aryl methyl sites for hydroxylation is 1. The molecule has 1 saturated carbocycles. The first-order chi connectivity index (χ1) is 9.46. The first-order valence-electron chi connectivity index (χ1n) is 7.60. The van der Waals surface area contributed by atoms with E-state index in [9.17, 15) is 0 Å². The largest absolute Gasteiger partial charge is 0.316 e. The van der Waals surface area contributed by atoms with Gasteiger partial charge < -0.3 is 5.32 Å². The number of rotatable bonds is 5. The van der Waals surface area contributed by atoms with Crippen LogP contribution in [0.25, 0.3) is 0 Å². The molecule has 1 aliphatic carbocycles. The van der Waals surface area contributed by atoms with Crippen LogP contribution in [-0.2, 0) is 0 Å². The summed E-state index contributed by atoms with van der Waals surface area (Å²) in [4.78, 5) is 0. The van der Waals surface area contributed by atoms with Gasteiger partial charge >= 0.3 is 0 Å². The van der Waals surface area contributed by atoms with Crippen molar-refractivity contribution in [3.05, 3.63) is 5.01 Å². The Labute approximate surface area is 131 Å². The lowest BCUT2D eigenvalue weighted by Gasteiger charge is -2.42. The second-order valence-electron chi connectivity index (χ2n) is 6.49. The third kappa shape index (κ3) is 3.74. The highest BCUT2D eigenvalue weighted by Gasteiger charge is 2.37. The fourth-order valence-electron chi connectivity index (χ4n) is 3.04. The van der Waals surface area contributed by atoms with Crippen LogP contribution in [-0.4, -0.2) is 28.5 Å². The van der Waals surface area contributed by atoms with Gasteiger partial charge in [0.05, 0.1) is 0 Å². The molecule has 2 rings (SSSR count). The number of nitrogens with zero attached hydrogens (tertiary/aromatic N) is 2. The minimum absolute atomic E-state index is 0.453. The van der Waals surface area contributed by atoms with Crippen LogP contribution >= 0.6 is 23.1 Å². The second kappa shape index (κ2) is 6.75. The topological polar surface area (TPSA) is 37.8 Å². The van der Waals surface area contributed by atoms with Gasteiger partial charge in [-0.05, 0) is 44.6 Å². The number of thioether (sulfide) groups is 1. The Balaban J connectivity index is 2.06. The minimum atomic E-state index is 0.453. The Morgan fingerprint density at radius 2 is 2.10 bits per heavy atom. The molecule has 1 N–H and O–H groups in total. The molecule has 20 heavy (non-hydrogen) atoms. The molecule has 0 aliphatic heterocycles. The molecule has 3 atom stereocenters. The molecule has 0 radical (unpaired) electrons. The van der Waals surface area contributed by atoms with Crippen LogP contribution in [0.4, 0.5) is 0 Å². The van der Waals surface area contributed by atoms with Gasteiger partial charge in [-0.25, -0.2) is 0 Å². The quantitative estimate of drug-likeness (QED) is 0.887. The molecule has 0 aromatic carbocycles. The Kier molecular flexibility index (Phi) is 5.49. The van der Waals surface area contributed by atoms with Crippen molar-refractivity contribution in [3.63, 3.8) is 0 Å². The maximum atomic E-state index is 4.29. The fourth-order valence-corrected chi connectivity index (χ4v) is 5.50. The highest BCUT2D eigenvalue weighted by Crippen LogP contribution is 2.45. The van der Waals surface area contributed by atoms with Gasteiger partial charge in [0.25, 0.3) is 0 Å². The Morgan fingerprint density at radius 3 is 2.65 bits per heavy atom. The van der Waals surface area contributed by atoms with Gasteiger partial charge in [-0.15, -0.1) is 10.2 Å². The summed E-state index contributed by atoms with van der Waals surface area (Å²) in [5.41, 5.74) is 0.453. The maximum absolute atomic E-state index is 4.29. The van der Waals surface area contributed by atoms with Crippen molar-refractivity contribution in [3.8, 4) is 0 Å². The fraction of sp³-hybridized carbons (Fsp3) is 0.867. The molecule has 1 aromatic heterocycles. The summed E-state index contributed by atoms with van der Waals surface area (Å²) in [6.07, 6.45) is 5.17. The molecule has 0 saturated heterocycles. The minimum Gasteiger partial charge on any atom is -0.316 e. The van der Waals surface area contributed by atoms with Crippen molar-refractivity contribution in [2.75, 3.05) is 7.05 Å². The zero-order valence-electron chi connectivity index (χ0n) is 13.3. The second-order valence-corrected chi connectivity index (χ2v) is 9.16. The van der Waals surface area contributed by atoms with E-state index in [4.69, 9.17) is 0 Å². The molecule has 0 amide bonds. The first kappa shape index (κ1) is 16.2. The standard InChI is InChI=1S/C15H27N3S2/c1-6-15(3,4)11-7-8-12(16-5)13(9-11)20-14-18-17-10(2)19-14/h11-13,16H,6-9H2,1-5H3. The van der Waals surface area contributed by atoms with Crippen LogP contribution in [0.5, 0.6) is 0 Å². The van der Waals surface area contributed by atoms with Crippen LogP contribution in [0.2, 0.25) is 0 Å². The number of nitrogens with one attached hydrogen (secondary N) is 1. The van der Waals surface area contributed by atoms with E-state index in [1.54, 1.807) is 11.3 Å². The monoisotopic (exact) mass is 313 g/mol. The van der Waals surface area contributed by atoms with Gasteiger partial charge in [-0.3, -0.25) is 0 Å². The smallest absolute Gasteiger partial charge is 0.174 e. The molecule has 3 nitrogen and oxygen atoms in total. The van der Waals surface area contributed by atoms with Gasteiger partial charge in [0.15, 0.2) is 4.34 Å². The van der Waals surface area contributed by atoms with Gasteiger partial charge in [-0.2, -0.15) is 0 Å². The predicted molar refractivity (Wildman–Crippen MR) is 88.6 cm³/mol. The highest BCUT2D eigenvalue weighted by molar-refractivity contribution is 8.01. The van der Waals surface area contributed by atoms with Crippen LogP contribution in [0.1, 0.15) is 51.5 Å². The Bertz CT molecular complexity index is 431. The molecule has 0 spiro atoms. The van der Waals surface area contributed by atoms with Crippen molar-refractivity contribution in [2.45, 2.75) is 69.0 Å². The molecule has 0 bridgehead atoms. The van der Waals surface area contributed by atoms with E-state index in [-0.39, 0.29) is 0 Å². The SMILES string of the molecule is CCC(C)(C)C1CCC(NC)C(Sc2nnc(C)s2)C1. The van der Waals surface area contributed by atoms with E-state index < -0.39 is 0 Å². The van der Waals surface area contributed by atoms with E-state index >= 15 is 0 Å². The van der Waals surface area contributed by atoms with E-state index in [1.165, 1.54) is 25.7 Å². The third-order valence-electron chi connectivity index (χ3n) is 4.94. The van der Waals surface area contributed by atoms with Crippen LogP contribution in [0.3, 0.4) is 0 Å². The number of aromatic nitrogens is 2. The van der Waals surface area contributed by atoms with Crippen molar-refractivity contribution in [2.24, 2.45) is 11.3 Å². The third-order valence-corrected chi connectivity index (χ3v) is 7.22. The zero-order valence-corrected chi connectivity index (χ0v) is 14.9. The van der Waals surface area contributed by atoms with Gasteiger partial charge in [-0.1, -0.05) is 50.3 Å². The molecule has 114 valence electrons. The molecule has 1 heterocycles. The van der Waals surface area contributed by atoms with Crippen molar-refractivity contribution >= 4 is 23.1 Å². The summed E-state index contributed by atoms with van der Waals surface area (Å²) < 4.78 is 1.13. The molecule has 5 heteroatoms. The molecule has 1 aliphatic rings. The van der Waals surface area contributed by atoms with Crippen molar-refractivity contribution in [1.82, 2.24) is 15.5 Å². The van der Waals surface area contributed by atoms with Gasteiger partial charge in [0.1, 0.15) is 5.01 Å². The van der Waals surface area contributed by atoms with E-state index in [0.29, 0.717) is 16.7 Å². The Hall–Kier alpha value is -0.130. The summed E-state index contributed by atoms with van der Waals surface area (Å²) >= 11 is 3.65. The van der Waals surface area contributed by atoms with E-state index in [2.05, 4.69) is 43.3 Å². The first-order valence-corrected chi connectivity index (χ1v) is 9.30. The molecule has 1 fully saturated rings. The highest BCUT2D eigenvalue weighted by atomic mass is 32.2. The van der Waals surface area contributed by atoms with Crippen molar-refractivity contribution < 1.29 is 0 Å². The lowest BCUT2D eigenvalue weighted by atomic mass is 9.68. The molecular formula is C15H27N3S2. The van der Waals surface area contributed by atoms with E-state index in [1.807, 2.05) is 18.7 Å². The Morgan fingerprint density at radius 1 is 1.35 bits per heavy atom. The van der Waals surface area contributed by atoms with Crippen molar-refractivity contribution in [1.29, 1.82) is 0 Å². The summed E-state index contributed by atoms with van der Waals surface area (Å²) in [6, 6.07) is 0.605. The summed E-state index contributed by atoms with van der Waals surface area (Å²) in [5, 5.41) is 13.6. The molecular weight excluding hydrogens is 286 g/mol. The summed E-state index contributed by atoms with van der Waals surface area (Å²) in [7, 11) is 2.09. The van der Waals surface area contributed by atoms with Crippen LogP contribution in [0, 0.1) is 18.3 Å². The molecule has 3 unspecified atom stereocenters. The predicted octanol–water partition coefficient (Wildman–Crippen LogP) is 4.13.